The molecule has 154 valence electrons. The van der Waals surface area contributed by atoms with E-state index in [0.29, 0.717) is 12.0 Å². The fourth-order valence-electron chi connectivity index (χ4n) is 4.37. The number of rotatable bonds is 10. The van der Waals surface area contributed by atoms with Crippen molar-refractivity contribution in [1.29, 1.82) is 0 Å². The molecule has 0 N–H and O–H groups in total. The largest absolute Gasteiger partial charge is 0.419 e. The summed E-state index contributed by atoms with van der Waals surface area (Å²) in [7, 11) is 0. The SMILES string of the molecule is CCCCCCC1CCC(CCCCc2ccc(C(F)(F)F)c(F)c2)CC1. The van der Waals surface area contributed by atoms with Crippen LogP contribution in [0, 0.1) is 17.7 Å². The molecule has 0 atom stereocenters. The van der Waals surface area contributed by atoms with Gasteiger partial charge in [0.2, 0.25) is 0 Å². The Labute approximate surface area is 161 Å². The second-order valence-electron chi connectivity index (χ2n) is 8.29. The Bertz CT molecular complexity index is 542. The lowest BCUT2D eigenvalue weighted by Gasteiger charge is -2.28. The Morgan fingerprint density at radius 1 is 0.852 bits per heavy atom. The van der Waals surface area contributed by atoms with Crippen LogP contribution in [0.2, 0.25) is 0 Å². The van der Waals surface area contributed by atoms with E-state index in [1.165, 1.54) is 70.3 Å². The summed E-state index contributed by atoms with van der Waals surface area (Å²) in [4.78, 5) is 0. The summed E-state index contributed by atoms with van der Waals surface area (Å²) >= 11 is 0. The predicted octanol–water partition coefficient (Wildman–Crippen LogP) is 8.33. The molecule has 1 aliphatic carbocycles. The number of hydrogen-bond acceptors (Lipinski definition) is 0. The maximum Gasteiger partial charge on any atom is 0.419 e. The van der Waals surface area contributed by atoms with Gasteiger partial charge in [0.15, 0.2) is 0 Å². The highest BCUT2D eigenvalue weighted by Gasteiger charge is 2.33. The summed E-state index contributed by atoms with van der Waals surface area (Å²) in [5.41, 5.74) is -0.506. The Hall–Kier alpha value is -1.06. The van der Waals surface area contributed by atoms with Crippen LogP contribution in [0.5, 0.6) is 0 Å². The molecule has 2 rings (SSSR count). The first kappa shape index (κ1) is 22.2. The minimum Gasteiger partial charge on any atom is -0.206 e. The first-order valence-electron chi connectivity index (χ1n) is 10.8. The summed E-state index contributed by atoms with van der Waals surface area (Å²) in [5.74, 6) is 0.576. The van der Waals surface area contributed by atoms with Crippen LogP contribution in [0.15, 0.2) is 18.2 Å². The van der Waals surface area contributed by atoms with Crippen LogP contribution in [-0.4, -0.2) is 0 Å². The molecule has 0 heterocycles. The molecule has 0 radical (unpaired) electrons. The van der Waals surface area contributed by atoms with Crippen LogP contribution in [-0.2, 0) is 12.6 Å². The number of alkyl halides is 3. The molecule has 0 spiro atoms. The van der Waals surface area contributed by atoms with Gasteiger partial charge in [-0.25, -0.2) is 4.39 Å². The highest BCUT2D eigenvalue weighted by molar-refractivity contribution is 5.26. The number of halogens is 4. The summed E-state index contributed by atoms with van der Waals surface area (Å²) in [5, 5.41) is 0. The van der Waals surface area contributed by atoms with Crippen LogP contribution in [0.3, 0.4) is 0 Å². The maximum absolute atomic E-state index is 13.6. The summed E-state index contributed by atoms with van der Waals surface area (Å²) < 4.78 is 51.3. The third-order valence-corrected chi connectivity index (χ3v) is 6.10. The van der Waals surface area contributed by atoms with Gasteiger partial charge in [-0.2, -0.15) is 13.2 Å². The molecule has 1 aromatic rings. The van der Waals surface area contributed by atoms with Crippen molar-refractivity contribution in [2.24, 2.45) is 11.8 Å². The summed E-state index contributed by atoms with van der Waals surface area (Å²) in [6.07, 6.45) is 11.4. The van der Waals surface area contributed by atoms with Crippen LogP contribution >= 0.6 is 0 Å². The van der Waals surface area contributed by atoms with Crippen molar-refractivity contribution < 1.29 is 17.6 Å². The molecule has 0 amide bonds. The van der Waals surface area contributed by atoms with Gasteiger partial charge in [0.05, 0.1) is 5.56 Å². The third-order valence-electron chi connectivity index (χ3n) is 6.10. The van der Waals surface area contributed by atoms with E-state index in [9.17, 15) is 17.6 Å². The molecule has 1 fully saturated rings. The van der Waals surface area contributed by atoms with Gasteiger partial charge in [-0.3, -0.25) is 0 Å². The average Bonchev–Trinajstić information content (AvgIpc) is 2.62. The van der Waals surface area contributed by atoms with Gasteiger partial charge in [0.1, 0.15) is 5.82 Å². The van der Waals surface area contributed by atoms with Crippen molar-refractivity contribution in [2.45, 2.75) is 96.6 Å². The number of aryl methyl sites for hydroxylation is 1. The zero-order valence-corrected chi connectivity index (χ0v) is 16.6. The monoisotopic (exact) mass is 386 g/mol. The molecule has 1 aromatic carbocycles. The lowest BCUT2D eigenvalue weighted by Crippen LogP contribution is -2.14. The molecule has 27 heavy (non-hydrogen) atoms. The normalized spacial score (nSPS) is 20.8. The average molecular weight is 387 g/mol. The van der Waals surface area contributed by atoms with Crippen LogP contribution in [0.1, 0.15) is 95.1 Å². The van der Waals surface area contributed by atoms with E-state index >= 15 is 0 Å². The molecule has 1 aliphatic rings. The molecule has 0 aliphatic heterocycles. The fourth-order valence-corrected chi connectivity index (χ4v) is 4.37. The van der Waals surface area contributed by atoms with Gasteiger partial charge in [0, 0.05) is 0 Å². The smallest absolute Gasteiger partial charge is 0.206 e. The number of unbranched alkanes of at least 4 members (excludes halogenated alkanes) is 4. The number of benzene rings is 1. The van der Waals surface area contributed by atoms with Gasteiger partial charge in [0.25, 0.3) is 0 Å². The standard InChI is InChI=1S/C23H34F4/c1-2-3-4-5-8-18-11-13-19(14-12-18)9-6-7-10-20-15-16-21(22(24)17-20)23(25,26)27/h15-19H,2-14H2,1H3. The van der Waals surface area contributed by atoms with Crippen molar-refractivity contribution in [2.75, 3.05) is 0 Å². The summed E-state index contributed by atoms with van der Waals surface area (Å²) in [6, 6.07) is 3.33. The van der Waals surface area contributed by atoms with Gasteiger partial charge in [-0.1, -0.05) is 83.6 Å². The first-order valence-corrected chi connectivity index (χ1v) is 10.8. The second-order valence-corrected chi connectivity index (χ2v) is 8.29. The van der Waals surface area contributed by atoms with E-state index in [1.54, 1.807) is 0 Å². The summed E-state index contributed by atoms with van der Waals surface area (Å²) in [6.45, 7) is 2.25. The van der Waals surface area contributed by atoms with Crippen molar-refractivity contribution >= 4 is 0 Å². The minimum absolute atomic E-state index is 0.655. The van der Waals surface area contributed by atoms with E-state index in [0.717, 1.165) is 36.8 Å². The van der Waals surface area contributed by atoms with Crippen molar-refractivity contribution in [3.63, 3.8) is 0 Å². The third kappa shape index (κ3) is 7.83. The molecule has 0 saturated heterocycles. The fraction of sp³-hybridized carbons (Fsp3) is 0.739. The van der Waals surface area contributed by atoms with E-state index in [1.807, 2.05) is 0 Å². The van der Waals surface area contributed by atoms with Crippen molar-refractivity contribution in [1.82, 2.24) is 0 Å². The Kier molecular flexibility index (Phi) is 9.11. The second kappa shape index (κ2) is 11.1. The van der Waals surface area contributed by atoms with Gasteiger partial charge in [-0.05, 0) is 42.4 Å². The van der Waals surface area contributed by atoms with Crippen molar-refractivity contribution in [3.05, 3.63) is 35.1 Å². The Morgan fingerprint density at radius 3 is 1.96 bits per heavy atom. The molecular formula is C23H34F4. The highest BCUT2D eigenvalue weighted by Crippen LogP contribution is 2.35. The minimum atomic E-state index is -4.61. The lowest BCUT2D eigenvalue weighted by molar-refractivity contribution is -0.140. The first-order chi connectivity index (χ1) is 12.9. The van der Waals surface area contributed by atoms with E-state index in [2.05, 4.69) is 6.92 Å². The molecular weight excluding hydrogens is 352 g/mol. The zero-order chi connectivity index (χ0) is 19.7. The van der Waals surface area contributed by atoms with E-state index in [-0.39, 0.29) is 0 Å². The molecule has 4 heteroatoms. The predicted molar refractivity (Wildman–Crippen MR) is 103 cm³/mol. The van der Waals surface area contributed by atoms with Crippen LogP contribution in [0.25, 0.3) is 0 Å². The zero-order valence-electron chi connectivity index (χ0n) is 16.6. The van der Waals surface area contributed by atoms with Crippen LogP contribution < -0.4 is 0 Å². The van der Waals surface area contributed by atoms with E-state index in [4.69, 9.17) is 0 Å². The molecule has 0 nitrogen and oxygen atoms in total. The maximum atomic E-state index is 13.6. The highest BCUT2D eigenvalue weighted by atomic mass is 19.4. The van der Waals surface area contributed by atoms with Crippen LogP contribution in [0.4, 0.5) is 17.6 Å². The number of hydrogen-bond donors (Lipinski definition) is 0. The quantitative estimate of drug-likeness (QED) is 0.280. The molecule has 1 saturated carbocycles. The molecule has 0 bridgehead atoms. The topological polar surface area (TPSA) is 0 Å². The lowest BCUT2D eigenvalue weighted by atomic mass is 9.78. The van der Waals surface area contributed by atoms with Gasteiger partial charge >= 0.3 is 6.18 Å². The Balaban J connectivity index is 1.60. The Morgan fingerprint density at radius 2 is 1.44 bits per heavy atom. The van der Waals surface area contributed by atoms with E-state index < -0.39 is 17.6 Å². The molecule has 0 aromatic heterocycles. The van der Waals surface area contributed by atoms with Gasteiger partial charge in [-0.15, -0.1) is 0 Å². The van der Waals surface area contributed by atoms with Gasteiger partial charge < -0.3 is 0 Å². The molecule has 0 unspecified atom stereocenters. The van der Waals surface area contributed by atoms with Crippen molar-refractivity contribution in [3.8, 4) is 0 Å².